The molecule has 2 aromatic heterocycles. The second-order valence-corrected chi connectivity index (χ2v) is 5.31. The standard InChI is InChI=1S/C10H9NO2.C9H7NO2/c1-13-8-4-2-3-7-5-6-9(12)11-10(7)8;11-7-3-1-2-6-4-5-8(12)10-9(6)7/h2-6H,1H3,(H,11,12);1-5,11H,(H,10,12). The summed E-state index contributed by atoms with van der Waals surface area (Å²) in [4.78, 5) is 27.2. The van der Waals surface area contributed by atoms with Crippen LogP contribution in [0.1, 0.15) is 0 Å². The van der Waals surface area contributed by atoms with E-state index >= 15 is 0 Å². The maximum Gasteiger partial charge on any atom is 0.248 e. The van der Waals surface area contributed by atoms with Crippen molar-refractivity contribution in [2.24, 2.45) is 0 Å². The third-order valence-corrected chi connectivity index (χ3v) is 3.68. The molecule has 0 fully saturated rings. The van der Waals surface area contributed by atoms with Gasteiger partial charge in [-0.25, -0.2) is 0 Å². The van der Waals surface area contributed by atoms with Gasteiger partial charge in [-0.1, -0.05) is 24.3 Å². The Balaban J connectivity index is 0.000000146. The number of pyridine rings is 2. The van der Waals surface area contributed by atoms with Crippen LogP contribution in [0.4, 0.5) is 0 Å². The lowest BCUT2D eigenvalue weighted by molar-refractivity contribution is 0.419. The van der Waals surface area contributed by atoms with Crippen LogP contribution in [0.25, 0.3) is 21.8 Å². The summed E-state index contributed by atoms with van der Waals surface area (Å²) < 4.78 is 5.11. The number of para-hydroxylation sites is 2. The molecule has 0 bridgehead atoms. The minimum absolute atomic E-state index is 0.102. The van der Waals surface area contributed by atoms with E-state index in [1.54, 1.807) is 25.3 Å². The fraction of sp³-hybridized carbons (Fsp3) is 0.0526. The normalized spacial score (nSPS) is 10.3. The van der Waals surface area contributed by atoms with Crippen LogP contribution in [0.2, 0.25) is 0 Å². The fourth-order valence-corrected chi connectivity index (χ4v) is 2.48. The topological polar surface area (TPSA) is 95.2 Å². The molecular formula is C19H16N2O4. The number of methoxy groups -OCH3 is 1. The van der Waals surface area contributed by atoms with E-state index in [1.165, 1.54) is 18.2 Å². The van der Waals surface area contributed by atoms with Gasteiger partial charge in [0.15, 0.2) is 0 Å². The van der Waals surface area contributed by atoms with Gasteiger partial charge in [0.2, 0.25) is 11.1 Å². The molecule has 6 heteroatoms. The van der Waals surface area contributed by atoms with E-state index in [-0.39, 0.29) is 16.9 Å². The lowest BCUT2D eigenvalue weighted by Crippen LogP contribution is -2.03. The van der Waals surface area contributed by atoms with Gasteiger partial charge in [0.25, 0.3) is 0 Å². The first kappa shape index (κ1) is 16.3. The average Bonchev–Trinajstić information content (AvgIpc) is 2.62. The van der Waals surface area contributed by atoms with Crippen molar-refractivity contribution in [2.75, 3.05) is 7.11 Å². The molecule has 3 N–H and O–H groups in total. The van der Waals surface area contributed by atoms with Crippen LogP contribution in [-0.4, -0.2) is 22.2 Å². The van der Waals surface area contributed by atoms with Gasteiger partial charge in [-0.3, -0.25) is 9.59 Å². The van der Waals surface area contributed by atoms with Crippen LogP contribution in [0.5, 0.6) is 11.5 Å². The van der Waals surface area contributed by atoms with Gasteiger partial charge in [0.05, 0.1) is 18.1 Å². The van der Waals surface area contributed by atoms with Crippen LogP contribution >= 0.6 is 0 Å². The summed E-state index contributed by atoms with van der Waals surface area (Å²) in [7, 11) is 1.58. The van der Waals surface area contributed by atoms with Crippen molar-refractivity contribution >= 4 is 21.8 Å². The van der Waals surface area contributed by atoms with Crippen LogP contribution in [0.15, 0.2) is 70.3 Å². The summed E-state index contributed by atoms with van der Waals surface area (Å²) in [5.41, 5.74) is 0.920. The van der Waals surface area contributed by atoms with Crippen LogP contribution in [0.3, 0.4) is 0 Å². The van der Waals surface area contributed by atoms with Crippen molar-refractivity contribution in [3.05, 3.63) is 81.4 Å². The van der Waals surface area contributed by atoms with Gasteiger partial charge in [-0.2, -0.15) is 0 Å². The van der Waals surface area contributed by atoms with Crippen molar-refractivity contribution in [3.8, 4) is 11.5 Å². The van der Waals surface area contributed by atoms with E-state index in [4.69, 9.17) is 4.74 Å². The summed E-state index contributed by atoms with van der Waals surface area (Å²) in [5, 5.41) is 11.1. The van der Waals surface area contributed by atoms with Gasteiger partial charge >= 0.3 is 0 Å². The number of benzene rings is 2. The molecule has 0 unspecified atom stereocenters. The van der Waals surface area contributed by atoms with Crippen LogP contribution < -0.4 is 15.9 Å². The number of phenols is 1. The number of aromatic amines is 2. The summed E-state index contributed by atoms with van der Waals surface area (Å²) in [6.07, 6.45) is 0. The molecule has 126 valence electrons. The minimum Gasteiger partial charge on any atom is -0.506 e. The number of rotatable bonds is 1. The molecule has 2 aromatic carbocycles. The Morgan fingerprint density at radius 2 is 1.32 bits per heavy atom. The molecule has 0 saturated carbocycles. The van der Waals surface area contributed by atoms with Crippen molar-refractivity contribution in [2.45, 2.75) is 0 Å². The van der Waals surface area contributed by atoms with Gasteiger partial charge in [0, 0.05) is 22.9 Å². The molecule has 0 atom stereocenters. The Bertz CT molecular complexity index is 1150. The quantitative estimate of drug-likeness (QED) is 0.498. The fourth-order valence-electron chi connectivity index (χ4n) is 2.48. The molecule has 0 saturated heterocycles. The molecule has 4 aromatic rings. The van der Waals surface area contributed by atoms with Crippen molar-refractivity contribution in [1.29, 1.82) is 0 Å². The zero-order valence-corrected chi connectivity index (χ0v) is 13.4. The van der Waals surface area contributed by atoms with Crippen molar-refractivity contribution in [3.63, 3.8) is 0 Å². The second-order valence-electron chi connectivity index (χ2n) is 5.31. The molecule has 0 aliphatic carbocycles. The molecular weight excluding hydrogens is 320 g/mol. The number of ether oxygens (including phenoxy) is 1. The Hall–Kier alpha value is -3.54. The highest BCUT2D eigenvalue weighted by Gasteiger charge is 2.00. The SMILES string of the molecule is COc1cccc2ccc(=O)[nH]c12.O=c1ccc2cccc(O)c2[nH]1. The number of hydrogen-bond acceptors (Lipinski definition) is 4. The highest BCUT2D eigenvalue weighted by molar-refractivity contribution is 5.84. The molecule has 25 heavy (non-hydrogen) atoms. The van der Waals surface area contributed by atoms with E-state index < -0.39 is 0 Å². The zero-order chi connectivity index (χ0) is 17.8. The molecule has 2 heterocycles. The molecule has 0 aliphatic rings. The molecule has 0 amide bonds. The number of phenolic OH excluding ortho intramolecular Hbond substituents is 1. The lowest BCUT2D eigenvalue weighted by Gasteiger charge is -2.03. The van der Waals surface area contributed by atoms with E-state index in [0.29, 0.717) is 11.3 Å². The molecule has 0 aliphatic heterocycles. The second kappa shape index (κ2) is 6.92. The van der Waals surface area contributed by atoms with Crippen LogP contribution in [-0.2, 0) is 0 Å². The van der Waals surface area contributed by atoms with Gasteiger partial charge < -0.3 is 19.8 Å². The van der Waals surface area contributed by atoms with Crippen molar-refractivity contribution < 1.29 is 9.84 Å². The molecule has 0 radical (unpaired) electrons. The zero-order valence-electron chi connectivity index (χ0n) is 13.4. The summed E-state index contributed by atoms with van der Waals surface area (Å²) in [6, 6.07) is 17.1. The lowest BCUT2D eigenvalue weighted by atomic mass is 10.2. The average molecular weight is 336 g/mol. The highest BCUT2D eigenvalue weighted by atomic mass is 16.5. The number of aromatic hydroxyl groups is 1. The Kier molecular flexibility index (Phi) is 4.52. The highest BCUT2D eigenvalue weighted by Crippen LogP contribution is 2.21. The van der Waals surface area contributed by atoms with E-state index in [2.05, 4.69) is 9.97 Å². The first-order chi connectivity index (χ1) is 12.1. The first-order valence-electron chi connectivity index (χ1n) is 7.55. The predicted octanol–water partition coefficient (Wildman–Crippen LogP) is 2.77. The maximum absolute atomic E-state index is 11.0. The molecule has 4 rings (SSSR count). The smallest absolute Gasteiger partial charge is 0.248 e. The molecule has 0 spiro atoms. The summed E-state index contributed by atoms with van der Waals surface area (Å²) in [5.74, 6) is 0.792. The number of nitrogens with one attached hydrogen (secondary N) is 2. The number of fused-ring (bicyclic) bond motifs is 2. The summed E-state index contributed by atoms with van der Waals surface area (Å²) in [6.45, 7) is 0. The van der Waals surface area contributed by atoms with E-state index in [0.717, 1.165) is 16.3 Å². The third-order valence-electron chi connectivity index (χ3n) is 3.68. The maximum atomic E-state index is 11.0. The predicted molar refractivity (Wildman–Crippen MR) is 97.4 cm³/mol. The monoisotopic (exact) mass is 336 g/mol. The number of H-pyrrole nitrogens is 2. The largest absolute Gasteiger partial charge is 0.506 e. The van der Waals surface area contributed by atoms with E-state index in [9.17, 15) is 14.7 Å². The Labute approximate surface area is 142 Å². The van der Waals surface area contributed by atoms with E-state index in [1.807, 2.05) is 24.3 Å². The Morgan fingerprint density at radius 1 is 0.760 bits per heavy atom. The third kappa shape index (κ3) is 3.53. The minimum atomic E-state index is -0.205. The summed E-state index contributed by atoms with van der Waals surface area (Å²) >= 11 is 0. The Morgan fingerprint density at radius 3 is 1.96 bits per heavy atom. The van der Waals surface area contributed by atoms with Gasteiger partial charge in [-0.15, -0.1) is 0 Å². The molecule has 6 nitrogen and oxygen atoms in total. The van der Waals surface area contributed by atoms with Gasteiger partial charge in [-0.05, 0) is 24.3 Å². The first-order valence-corrected chi connectivity index (χ1v) is 7.55. The number of aromatic nitrogens is 2. The van der Waals surface area contributed by atoms with Crippen molar-refractivity contribution in [1.82, 2.24) is 9.97 Å². The number of hydrogen-bond donors (Lipinski definition) is 3. The van der Waals surface area contributed by atoms with Gasteiger partial charge in [0.1, 0.15) is 11.5 Å². The van der Waals surface area contributed by atoms with Crippen LogP contribution in [0, 0.1) is 0 Å².